The van der Waals surface area contributed by atoms with Crippen LogP contribution in [0.4, 0.5) is 34.1 Å². The van der Waals surface area contributed by atoms with Crippen LogP contribution in [0.1, 0.15) is 108 Å². The number of aryl methyl sites for hydroxylation is 2. The van der Waals surface area contributed by atoms with Crippen LogP contribution < -0.4 is 9.80 Å². The van der Waals surface area contributed by atoms with Gasteiger partial charge in [-0.05, 0) is 186 Å². The molecule has 0 unspecified atom stereocenters. The van der Waals surface area contributed by atoms with E-state index in [1.807, 2.05) is 0 Å². The fourth-order valence-electron chi connectivity index (χ4n) is 14.8. The Morgan fingerprint density at radius 1 is 0.236 bits per heavy atom. The van der Waals surface area contributed by atoms with Gasteiger partial charge in [0.1, 0.15) is 0 Å². The minimum absolute atomic E-state index is 0.167. The van der Waals surface area contributed by atoms with Crippen molar-refractivity contribution in [3.8, 4) is 55.6 Å². The Kier molecular flexibility index (Phi) is 13.4. The minimum atomic E-state index is -0.210. The topological polar surface area (TPSA) is 6.48 Å². The van der Waals surface area contributed by atoms with Crippen molar-refractivity contribution >= 4 is 58.4 Å². The average molecular weight is 1150 g/mol. The van der Waals surface area contributed by atoms with Gasteiger partial charge in [0.2, 0.25) is 0 Å². The molecule has 2 heteroatoms. The van der Waals surface area contributed by atoms with Gasteiger partial charge in [0.15, 0.2) is 0 Å². The molecule has 0 aliphatic heterocycles. The van der Waals surface area contributed by atoms with E-state index >= 15 is 0 Å². The zero-order valence-corrected chi connectivity index (χ0v) is 52.1. The van der Waals surface area contributed by atoms with E-state index in [4.69, 9.17) is 0 Å². The molecule has 0 bridgehead atoms. The number of fused-ring (bicyclic) bond motifs is 9. The van der Waals surface area contributed by atoms with Crippen LogP contribution in [0.15, 0.2) is 267 Å². The summed E-state index contributed by atoms with van der Waals surface area (Å²) < 4.78 is 0. The van der Waals surface area contributed by atoms with Gasteiger partial charge in [0.05, 0.1) is 11.4 Å². The maximum atomic E-state index is 2.44. The summed E-state index contributed by atoms with van der Waals surface area (Å²) in [5, 5.41) is 0. The lowest BCUT2D eigenvalue weighted by molar-refractivity contribution is 0.660. The molecule has 89 heavy (non-hydrogen) atoms. The Morgan fingerprint density at radius 2 is 0.517 bits per heavy atom. The van der Waals surface area contributed by atoms with Gasteiger partial charge < -0.3 is 9.80 Å². The first-order valence-electron chi connectivity index (χ1n) is 31.5. The highest BCUT2D eigenvalue weighted by Gasteiger charge is 2.39. The second-order valence-electron chi connectivity index (χ2n) is 26.3. The number of hydrogen-bond donors (Lipinski definition) is 0. The number of benzene rings is 12. The van der Waals surface area contributed by atoms with Gasteiger partial charge >= 0.3 is 0 Å². The first-order valence-corrected chi connectivity index (χ1v) is 31.5. The molecule has 2 nitrogen and oxygen atoms in total. The Morgan fingerprint density at radius 3 is 0.843 bits per heavy atom. The van der Waals surface area contributed by atoms with Gasteiger partial charge in [-0.15, -0.1) is 0 Å². The quantitative estimate of drug-likeness (QED) is 0.113. The molecule has 0 heterocycles. The van der Waals surface area contributed by atoms with Gasteiger partial charge in [-0.25, -0.2) is 0 Å². The normalized spacial score (nSPS) is 14.2. The van der Waals surface area contributed by atoms with E-state index < -0.39 is 0 Å². The fourth-order valence-corrected chi connectivity index (χ4v) is 14.8. The predicted octanol–water partition coefficient (Wildman–Crippen LogP) is 23.8. The van der Waals surface area contributed by atoms with E-state index in [0.717, 1.165) is 34.1 Å². The van der Waals surface area contributed by atoms with E-state index in [0.29, 0.717) is 0 Å². The lowest BCUT2D eigenvalue weighted by Crippen LogP contribution is -2.17. The maximum absolute atomic E-state index is 2.44. The van der Waals surface area contributed by atoms with Crippen molar-refractivity contribution in [3.63, 3.8) is 0 Å². The first-order chi connectivity index (χ1) is 43.2. The largest absolute Gasteiger partial charge is 0.310 e. The van der Waals surface area contributed by atoms with Crippen molar-refractivity contribution in [2.45, 2.75) is 71.6 Å². The number of nitrogens with zero attached hydrogens (tertiary/aromatic N) is 2. The van der Waals surface area contributed by atoms with Crippen LogP contribution in [-0.4, -0.2) is 0 Å². The molecule has 0 saturated heterocycles. The smallest absolute Gasteiger partial charge is 0.0540 e. The second kappa shape index (κ2) is 21.5. The molecule has 0 amide bonds. The molecular formula is C87H72N2. The summed E-state index contributed by atoms with van der Waals surface area (Å²) in [5.41, 5.74) is 34.4. The van der Waals surface area contributed by atoms with Crippen LogP contribution in [0, 0.1) is 13.8 Å². The van der Waals surface area contributed by atoms with Gasteiger partial charge in [-0.2, -0.15) is 0 Å². The molecule has 0 aromatic heterocycles. The minimum Gasteiger partial charge on any atom is -0.310 e. The molecule has 15 rings (SSSR count). The molecule has 0 saturated carbocycles. The molecule has 0 fully saturated rings. The predicted molar refractivity (Wildman–Crippen MR) is 380 cm³/mol. The van der Waals surface area contributed by atoms with E-state index in [1.165, 1.54) is 122 Å². The summed E-state index contributed by atoms with van der Waals surface area (Å²) >= 11 is 0. The van der Waals surface area contributed by atoms with Crippen molar-refractivity contribution in [2.75, 3.05) is 9.80 Å². The summed E-state index contributed by atoms with van der Waals surface area (Å²) in [4.78, 5) is 4.88. The molecule has 12 aromatic carbocycles. The lowest BCUT2D eigenvalue weighted by Gasteiger charge is -2.30. The summed E-state index contributed by atoms with van der Waals surface area (Å²) in [7, 11) is 0. The van der Waals surface area contributed by atoms with E-state index in [2.05, 4.69) is 356 Å². The molecule has 430 valence electrons. The highest BCUT2D eigenvalue weighted by Crippen LogP contribution is 2.55. The van der Waals surface area contributed by atoms with Crippen molar-refractivity contribution in [1.29, 1.82) is 0 Å². The molecule has 0 spiro atoms. The average Bonchev–Trinajstić information content (AvgIpc) is 1.64. The van der Waals surface area contributed by atoms with Gasteiger partial charge in [-0.3, -0.25) is 0 Å². The summed E-state index contributed by atoms with van der Waals surface area (Å²) in [6.45, 7) is 18.7. The van der Waals surface area contributed by atoms with Crippen molar-refractivity contribution in [2.24, 2.45) is 0 Å². The highest BCUT2D eigenvalue weighted by molar-refractivity contribution is 5.94. The van der Waals surface area contributed by atoms with Crippen LogP contribution in [0.2, 0.25) is 0 Å². The number of anilines is 6. The van der Waals surface area contributed by atoms with Gasteiger partial charge in [0, 0.05) is 50.1 Å². The second-order valence-corrected chi connectivity index (χ2v) is 26.3. The van der Waals surface area contributed by atoms with Gasteiger partial charge in [-0.1, -0.05) is 272 Å². The Hall–Kier alpha value is -10.3. The van der Waals surface area contributed by atoms with Gasteiger partial charge in [0.25, 0.3) is 0 Å². The van der Waals surface area contributed by atoms with Crippen LogP contribution in [0.25, 0.3) is 79.9 Å². The summed E-state index contributed by atoms with van der Waals surface area (Å²) in [6.07, 6.45) is 9.20. The van der Waals surface area contributed by atoms with Crippen LogP contribution >= 0.6 is 0 Å². The van der Waals surface area contributed by atoms with Crippen molar-refractivity contribution < 1.29 is 0 Å². The third-order valence-corrected chi connectivity index (χ3v) is 19.5. The Balaban J connectivity index is 0.671. The number of hydrogen-bond acceptors (Lipinski definition) is 2. The van der Waals surface area contributed by atoms with E-state index in [1.54, 1.807) is 0 Å². The monoisotopic (exact) mass is 1140 g/mol. The number of rotatable bonds is 12. The Bertz CT molecular complexity index is 4530. The standard InChI is InChI=1S/C87H72N2/c1-57-21-19-27-65(49-57)88(83-31-17-15-29-69(83)63-23-11-9-12-24-63)67-41-47-75-73-45-39-61(53-79(73)86(5,6)81(75)55-67)35-33-59-37-43-71-72-44-38-60(52-78(72)85(3,4)77(71)51-59)34-36-62-40-46-74-76-48-42-68(56-82(76)87(7,8)80(74)54-62)89(66-28-20-22-58(2)50-66)84-32-18-16-30-70(84)64-25-13-10-14-26-64/h9-56H,1-8H3/b35-33+,36-34+. The van der Waals surface area contributed by atoms with Crippen molar-refractivity contribution in [1.82, 2.24) is 0 Å². The number of para-hydroxylation sites is 2. The van der Waals surface area contributed by atoms with E-state index in [-0.39, 0.29) is 16.2 Å². The zero-order chi connectivity index (χ0) is 60.8. The van der Waals surface area contributed by atoms with Crippen LogP contribution in [-0.2, 0) is 16.2 Å². The van der Waals surface area contributed by atoms with E-state index in [9.17, 15) is 0 Å². The first kappa shape index (κ1) is 55.3. The Labute approximate surface area is 526 Å². The van der Waals surface area contributed by atoms with Crippen molar-refractivity contribution in [3.05, 3.63) is 334 Å². The lowest BCUT2D eigenvalue weighted by atomic mass is 9.81. The molecule has 12 aromatic rings. The molecule has 0 atom stereocenters. The zero-order valence-electron chi connectivity index (χ0n) is 52.1. The molecule has 0 radical (unpaired) electrons. The molecule has 3 aliphatic carbocycles. The third kappa shape index (κ3) is 9.58. The summed E-state index contributed by atoms with van der Waals surface area (Å²) in [6, 6.07) is 99.2. The van der Waals surface area contributed by atoms with Crippen LogP contribution in [0.5, 0.6) is 0 Å². The third-order valence-electron chi connectivity index (χ3n) is 19.5. The highest BCUT2D eigenvalue weighted by atomic mass is 15.2. The summed E-state index contributed by atoms with van der Waals surface area (Å²) in [5.74, 6) is 0. The molecule has 3 aliphatic rings. The maximum Gasteiger partial charge on any atom is 0.0540 e. The molecular weight excluding hydrogens is 1070 g/mol. The SMILES string of the molecule is Cc1cccc(N(c2ccc3c(c2)C(C)(C)c2cc(/C=C/c4ccc5c(c4)C(C)(C)c4cc(/C=C/c6ccc7c(c6)C(C)(C)c6cc(N(c8cccc(C)c8)c8ccccc8-c8ccccc8)ccc6-7)ccc4-5)ccc2-3)c2ccccc2-c2ccccc2)c1. The molecule has 0 N–H and O–H groups in total. The van der Waals surface area contributed by atoms with Crippen LogP contribution in [0.3, 0.4) is 0 Å². The fraction of sp³-hybridized carbons (Fsp3) is 0.126.